The molecule has 0 rings (SSSR count). The van der Waals surface area contributed by atoms with E-state index < -0.39 is 0 Å². The highest BCUT2D eigenvalue weighted by atomic mass is 16.5. The third-order valence-electron chi connectivity index (χ3n) is 2.34. The zero-order chi connectivity index (χ0) is 10.8. The van der Waals surface area contributed by atoms with Gasteiger partial charge in [-0.25, -0.2) is 0 Å². The van der Waals surface area contributed by atoms with E-state index in [2.05, 4.69) is 19.2 Å². The molecule has 1 N–H and O–H groups in total. The van der Waals surface area contributed by atoms with E-state index >= 15 is 0 Å². The Morgan fingerprint density at radius 2 is 1.57 bits per heavy atom. The number of rotatable bonds is 9. The Morgan fingerprint density at radius 3 is 2.00 bits per heavy atom. The van der Waals surface area contributed by atoms with Gasteiger partial charge in [0.05, 0.1) is 13.2 Å². The fourth-order valence-corrected chi connectivity index (χ4v) is 1.58. The number of ether oxygens (including phenoxy) is 2. The van der Waals surface area contributed by atoms with Gasteiger partial charge in [0.2, 0.25) is 0 Å². The molecule has 0 aliphatic carbocycles. The van der Waals surface area contributed by atoms with Crippen molar-refractivity contribution in [1.82, 2.24) is 5.32 Å². The van der Waals surface area contributed by atoms with Gasteiger partial charge in [0.1, 0.15) is 0 Å². The van der Waals surface area contributed by atoms with Crippen molar-refractivity contribution >= 4 is 0 Å². The van der Waals surface area contributed by atoms with Gasteiger partial charge in [-0.15, -0.1) is 0 Å². The number of hydrogen-bond acceptors (Lipinski definition) is 3. The molecule has 0 spiro atoms. The standard InChI is InChI=1S/C11H25NO2/c1-5-7-11(9-14-4)12-10(6-2)8-13-3/h10-12H,5-9H2,1-4H3. The van der Waals surface area contributed by atoms with Gasteiger partial charge in [-0.2, -0.15) is 0 Å². The second-order valence-electron chi connectivity index (χ2n) is 3.67. The van der Waals surface area contributed by atoms with Crippen molar-refractivity contribution in [2.75, 3.05) is 27.4 Å². The maximum atomic E-state index is 5.18. The Balaban J connectivity index is 3.83. The first-order valence-electron chi connectivity index (χ1n) is 5.52. The second kappa shape index (κ2) is 9.44. The molecule has 0 radical (unpaired) electrons. The van der Waals surface area contributed by atoms with E-state index in [1.54, 1.807) is 14.2 Å². The van der Waals surface area contributed by atoms with Crippen LogP contribution in [0.25, 0.3) is 0 Å². The summed E-state index contributed by atoms with van der Waals surface area (Å²) in [7, 11) is 3.50. The van der Waals surface area contributed by atoms with Crippen LogP contribution in [0.15, 0.2) is 0 Å². The van der Waals surface area contributed by atoms with Gasteiger partial charge < -0.3 is 14.8 Å². The number of nitrogens with one attached hydrogen (secondary N) is 1. The van der Waals surface area contributed by atoms with Crippen molar-refractivity contribution < 1.29 is 9.47 Å². The number of methoxy groups -OCH3 is 2. The van der Waals surface area contributed by atoms with Gasteiger partial charge >= 0.3 is 0 Å². The van der Waals surface area contributed by atoms with Gasteiger partial charge in [-0.05, 0) is 12.8 Å². The summed E-state index contributed by atoms with van der Waals surface area (Å²) in [6.07, 6.45) is 3.44. The first kappa shape index (κ1) is 13.9. The molecular formula is C11H25NO2. The zero-order valence-corrected chi connectivity index (χ0v) is 10.0. The van der Waals surface area contributed by atoms with Crippen LogP contribution in [0.3, 0.4) is 0 Å². The largest absolute Gasteiger partial charge is 0.383 e. The fourth-order valence-electron chi connectivity index (χ4n) is 1.58. The Kier molecular flexibility index (Phi) is 9.35. The van der Waals surface area contributed by atoms with E-state index in [0.29, 0.717) is 12.1 Å². The van der Waals surface area contributed by atoms with Crippen molar-refractivity contribution in [3.8, 4) is 0 Å². The summed E-state index contributed by atoms with van der Waals surface area (Å²) in [6.45, 7) is 5.93. The van der Waals surface area contributed by atoms with E-state index in [1.807, 2.05) is 0 Å². The lowest BCUT2D eigenvalue weighted by Crippen LogP contribution is -2.42. The summed E-state index contributed by atoms with van der Waals surface area (Å²) in [4.78, 5) is 0. The minimum Gasteiger partial charge on any atom is -0.383 e. The molecule has 0 aliphatic rings. The van der Waals surface area contributed by atoms with Gasteiger partial charge in [0.25, 0.3) is 0 Å². The molecule has 14 heavy (non-hydrogen) atoms. The van der Waals surface area contributed by atoms with Crippen molar-refractivity contribution in [1.29, 1.82) is 0 Å². The summed E-state index contributed by atoms with van der Waals surface area (Å²) < 4.78 is 10.3. The molecule has 0 aromatic heterocycles. The molecule has 2 unspecified atom stereocenters. The Bertz CT molecular complexity index is 114. The lowest BCUT2D eigenvalue weighted by atomic mass is 10.1. The molecule has 0 saturated carbocycles. The average molecular weight is 203 g/mol. The molecule has 0 bridgehead atoms. The molecule has 0 heterocycles. The lowest BCUT2D eigenvalue weighted by Gasteiger charge is -2.23. The van der Waals surface area contributed by atoms with Crippen LogP contribution in [0.1, 0.15) is 33.1 Å². The zero-order valence-electron chi connectivity index (χ0n) is 10.0. The molecule has 0 saturated heterocycles. The first-order valence-corrected chi connectivity index (χ1v) is 5.52. The van der Waals surface area contributed by atoms with Crippen molar-refractivity contribution in [3.05, 3.63) is 0 Å². The van der Waals surface area contributed by atoms with Crippen LogP contribution in [0.5, 0.6) is 0 Å². The van der Waals surface area contributed by atoms with Crippen molar-refractivity contribution in [2.45, 2.75) is 45.2 Å². The summed E-state index contributed by atoms with van der Waals surface area (Å²) >= 11 is 0. The van der Waals surface area contributed by atoms with Gasteiger partial charge in [-0.1, -0.05) is 20.3 Å². The summed E-state index contributed by atoms with van der Waals surface area (Å²) in [5.41, 5.74) is 0. The predicted octanol–water partition coefficient (Wildman–Crippen LogP) is 1.82. The smallest absolute Gasteiger partial charge is 0.0615 e. The monoisotopic (exact) mass is 203 g/mol. The van der Waals surface area contributed by atoms with Crippen LogP contribution in [0, 0.1) is 0 Å². The van der Waals surface area contributed by atoms with E-state index in [-0.39, 0.29) is 0 Å². The minimum atomic E-state index is 0.451. The fraction of sp³-hybridized carbons (Fsp3) is 1.00. The van der Waals surface area contributed by atoms with E-state index in [1.165, 1.54) is 6.42 Å². The van der Waals surface area contributed by atoms with Crippen LogP contribution < -0.4 is 5.32 Å². The minimum absolute atomic E-state index is 0.451. The highest BCUT2D eigenvalue weighted by Gasteiger charge is 2.12. The van der Waals surface area contributed by atoms with Gasteiger partial charge in [0.15, 0.2) is 0 Å². The maximum absolute atomic E-state index is 5.18. The quantitative estimate of drug-likeness (QED) is 0.620. The van der Waals surface area contributed by atoms with E-state index in [4.69, 9.17) is 9.47 Å². The Morgan fingerprint density at radius 1 is 1.00 bits per heavy atom. The molecule has 86 valence electrons. The SMILES string of the molecule is CCCC(COC)NC(CC)COC. The van der Waals surface area contributed by atoms with Crippen molar-refractivity contribution in [3.63, 3.8) is 0 Å². The van der Waals surface area contributed by atoms with Gasteiger partial charge in [0, 0.05) is 26.3 Å². The Hall–Kier alpha value is -0.120. The molecule has 0 fully saturated rings. The predicted molar refractivity (Wildman–Crippen MR) is 59.7 cm³/mol. The molecule has 0 aromatic rings. The van der Waals surface area contributed by atoms with Crippen LogP contribution >= 0.6 is 0 Å². The molecule has 2 atom stereocenters. The third-order valence-corrected chi connectivity index (χ3v) is 2.34. The van der Waals surface area contributed by atoms with Crippen molar-refractivity contribution in [2.24, 2.45) is 0 Å². The molecular weight excluding hydrogens is 178 g/mol. The molecule has 3 heteroatoms. The highest BCUT2D eigenvalue weighted by molar-refractivity contribution is 4.72. The average Bonchev–Trinajstić information content (AvgIpc) is 2.18. The molecule has 3 nitrogen and oxygen atoms in total. The van der Waals surface area contributed by atoms with Crippen LogP contribution in [-0.4, -0.2) is 39.5 Å². The topological polar surface area (TPSA) is 30.5 Å². The van der Waals surface area contributed by atoms with Gasteiger partial charge in [-0.3, -0.25) is 0 Å². The maximum Gasteiger partial charge on any atom is 0.0615 e. The Labute approximate surface area is 88.2 Å². The molecule has 0 aliphatic heterocycles. The third kappa shape index (κ3) is 6.35. The second-order valence-corrected chi connectivity index (χ2v) is 3.67. The first-order chi connectivity index (χ1) is 6.78. The van der Waals surface area contributed by atoms with E-state index in [0.717, 1.165) is 26.1 Å². The van der Waals surface area contributed by atoms with E-state index in [9.17, 15) is 0 Å². The summed E-state index contributed by atoms with van der Waals surface area (Å²) in [5, 5.41) is 3.56. The highest BCUT2D eigenvalue weighted by Crippen LogP contribution is 2.01. The summed E-state index contributed by atoms with van der Waals surface area (Å²) in [6, 6.07) is 0.914. The molecule has 0 aromatic carbocycles. The molecule has 0 amide bonds. The van der Waals surface area contributed by atoms with Crippen LogP contribution in [0.4, 0.5) is 0 Å². The van der Waals surface area contributed by atoms with Crippen LogP contribution in [0.2, 0.25) is 0 Å². The number of hydrogen-bond donors (Lipinski definition) is 1. The normalized spacial score (nSPS) is 15.4. The summed E-state index contributed by atoms with van der Waals surface area (Å²) in [5.74, 6) is 0. The lowest BCUT2D eigenvalue weighted by molar-refractivity contribution is 0.125. The van der Waals surface area contributed by atoms with Crippen LogP contribution in [-0.2, 0) is 9.47 Å².